The van der Waals surface area contributed by atoms with Crippen LogP contribution < -0.4 is 10.6 Å². The number of nitrogens with two attached hydrogens (primary N) is 1. The fourth-order valence-corrected chi connectivity index (χ4v) is 2.20. The van der Waals surface area contributed by atoms with E-state index in [9.17, 15) is 0 Å². The lowest BCUT2D eigenvalue weighted by molar-refractivity contribution is 0.292. The first-order chi connectivity index (χ1) is 7.07. The lowest BCUT2D eigenvalue weighted by Gasteiger charge is -2.38. The Morgan fingerprint density at radius 1 is 1.40 bits per heavy atom. The smallest absolute Gasteiger partial charge is 0.128 e. The fraction of sp³-hybridized carbons (Fsp3) is 0.583. The average molecular weight is 205 g/mol. The highest BCUT2D eigenvalue weighted by molar-refractivity contribution is 5.46. The minimum Gasteiger partial charge on any atom is -0.397 e. The number of nitrogen functional groups attached to an aromatic ring is 1. The molecule has 2 heterocycles. The summed E-state index contributed by atoms with van der Waals surface area (Å²) in [6, 6.07) is 3.93. The molecule has 0 saturated carbocycles. The van der Waals surface area contributed by atoms with Crippen molar-refractivity contribution in [1.29, 1.82) is 0 Å². The van der Waals surface area contributed by atoms with Gasteiger partial charge in [-0.25, -0.2) is 4.98 Å². The molecule has 0 aromatic carbocycles. The summed E-state index contributed by atoms with van der Waals surface area (Å²) in [6.07, 6.45) is 4.29. The molecule has 0 aliphatic carbocycles. The summed E-state index contributed by atoms with van der Waals surface area (Å²) in [5.41, 5.74) is 6.76. The normalized spacial score (nSPS) is 20.3. The van der Waals surface area contributed by atoms with Gasteiger partial charge in [-0.05, 0) is 30.4 Å². The number of aromatic nitrogens is 1. The Bertz CT molecular complexity index is 329. The highest BCUT2D eigenvalue weighted by atomic mass is 15.2. The van der Waals surface area contributed by atoms with E-state index in [-0.39, 0.29) is 0 Å². The maximum Gasteiger partial charge on any atom is 0.128 e. The van der Waals surface area contributed by atoms with Gasteiger partial charge >= 0.3 is 0 Å². The molecule has 1 fully saturated rings. The largest absolute Gasteiger partial charge is 0.397 e. The van der Waals surface area contributed by atoms with Crippen LogP contribution in [-0.4, -0.2) is 18.1 Å². The Hall–Kier alpha value is -1.25. The van der Waals surface area contributed by atoms with Crippen molar-refractivity contribution in [2.45, 2.75) is 26.7 Å². The highest BCUT2D eigenvalue weighted by Gasteiger charge is 2.26. The molecular weight excluding hydrogens is 186 g/mol. The maximum atomic E-state index is 5.63. The zero-order valence-electron chi connectivity index (χ0n) is 9.53. The average Bonchev–Trinajstić information content (AvgIpc) is 2.17. The molecule has 1 aliphatic rings. The van der Waals surface area contributed by atoms with E-state index in [4.69, 9.17) is 5.73 Å². The first kappa shape index (κ1) is 10.3. The quantitative estimate of drug-likeness (QED) is 0.765. The predicted octanol–water partition coefficient (Wildman–Crippen LogP) is 2.29. The van der Waals surface area contributed by atoms with E-state index in [1.165, 1.54) is 12.8 Å². The van der Waals surface area contributed by atoms with Crippen LogP contribution in [-0.2, 0) is 0 Å². The van der Waals surface area contributed by atoms with Gasteiger partial charge < -0.3 is 10.6 Å². The molecule has 0 spiro atoms. The van der Waals surface area contributed by atoms with E-state index in [0.717, 1.165) is 24.6 Å². The lowest BCUT2D eigenvalue weighted by Crippen LogP contribution is -2.40. The molecule has 0 radical (unpaired) electrons. The van der Waals surface area contributed by atoms with E-state index < -0.39 is 0 Å². The van der Waals surface area contributed by atoms with Crippen LogP contribution in [0.5, 0.6) is 0 Å². The van der Waals surface area contributed by atoms with Crippen LogP contribution in [0.15, 0.2) is 18.3 Å². The van der Waals surface area contributed by atoms with Crippen molar-refractivity contribution < 1.29 is 0 Å². The molecule has 0 unspecified atom stereocenters. The monoisotopic (exact) mass is 205 g/mol. The second-order valence-corrected chi connectivity index (χ2v) is 5.14. The van der Waals surface area contributed by atoms with Gasteiger partial charge in [0, 0.05) is 13.1 Å². The number of hydrogen-bond acceptors (Lipinski definition) is 3. The van der Waals surface area contributed by atoms with Crippen LogP contribution in [0.3, 0.4) is 0 Å². The van der Waals surface area contributed by atoms with Gasteiger partial charge in [0.15, 0.2) is 0 Å². The maximum absolute atomic E-state index is 5.63. The zero-order chi connectivity index (χ0) is 10.9. The number of piperidine rings is 1. The molecule has 1 aromatic heterocycles. The number of rotatable bonds is 1. The van der Waals surface area contributed by atoms with Crippen LogP contribution in [0.25, 0.3) is 0 Å². The molecule has 2 N–H and O–H groups in total. The SMILES string of the molecule is CC1(C)CCCN(c2ccc(N)cn2)C1. The third-order valence-corrected chi connectivity index (χ3v) is 3.00. The van der Waals surface area contributed by atoms with E-state index in [1.807, 2.05) is 12.1 Å². The number of pyridine rings is 1. The van der Waals surface area contributed by atoms with Crippen LogP contribution >= 0.6 is 0 Å². The Morgan fingerprint density at radius 3 is 2.80 bits per heavy atom. The third kappa shape index (κ3) is 2.41. The van der Waals surface area contributed by atoms with Crippen LogP contribution in [0.4, 0.5) is 11.5 Å². The number of hydrogen-bond donors (Lipinski definition) is 1. The molecule has 2 rings (SSSR count). The van der Waals surface area contributed by atoms with Crippen molar-refractivity contribution in [3.63, 3.8) is 0 Å². The standard InChI is InChI=1S/C12H19N3/c1-12(2)6-3-7-15(9-12)11-5-4-10(13)8-14-11/h4-5,8H,3,6-7,9,13H2,1-2H3. The third-order valence-electron chi connectivity index (χ3n) is 3.00. The molecule has 82 valence electrons. The molecule has 0 amide bonds. The van der Waals surface area contributed by atoms with Gasteiger partial charge in [0.05, 0.1) is 11.9 Å². The highest BCUT2D eigenvalue weighted by Crippen LogP contribution is 2.30. The van der Waals surface area contributed by atoms with Crippen molar-refractivity contribution in [3.05, 3.63) is 18.3 Å². The van der Waals surface area contributed by atoms with Gasteiger partial charge in [-0.2, -0.15) is 0 Å². The summed E-state index contributed by atoms with van der Waals surface area (Å²) in [5, 5.41) is 0. The molecule has 3 heteroatoms. The van der Waals surface area contributed by atoms with E-state index in [2.05, 4.69) is 23.7 Å². The van der Waals surface area contributed by atoms with E-state index >= 15 is 0 Å². The molecule has 15 heavy (non-hydrogen) atoms. The van der Waals surface area contributed by atoms with Crippen molar-refractivity contribution >= 4 is 11.5 Å². The van der Waals surface area contributed by atoms with Gasteiger partial charge in [0.1, 0.15) is 5.82 Å². The minimum atomic E-state index is 0.404. The Balaban J connectivity index is 2.13. The van der Waals surface area contributed by atoms with Crippen LogP contribution in [0.1, 0.15) is 26.7 Å². The summed E-state index contributed by atoms with van der Waals surface area (Å²) < 4.78 is 0. The first-order valence-electron chi connectivity index (χ1n) is 5.53. The molecule has 1 saturated heterocycles. The Kier molecular flexibility index (Phi) is 2.55. The van der Waals surface area contributed by atoms with E-state index in [1.54, 1.807) is 6.20 Å². The summed E-state index contributed by atoms with van der Waals surface area (Å²) in [4.78, 5) is 6.72. The van der Waals surface area contributed by atoms with Crippen molar-refractivity contribution in [1.82, 2.24) is 4.98 Å². The van der Waals surface area contributed by atoms with Gasteiger partial charge in [-0.3, -0.25) is 0 Å². The zero-order valence-corrected chi connectivity index (χ0v) is 9.53. The minimum absolute atomic E-state index is 0.404. The van der Waals surface area contributed by atoms with Crippen LogP contribution in [0, 0.1) is 5.41 Å². The van der Waals surface area contributed by atoms with Gasteiger partial charge in [0.2, 0.25) is 0 Å². The number of nitrogens with zero attached hydrogens (tertiary/aromatic N) is 2. The topological polar surface area (TPSA) is 42.1 Å². The molecule has 1 aromatic rings. The van der Waals surface area contributed by atoms with Crippen LogP contribution in [0.2, 0.25) is 0 Å². The molecule has 3 nitrogen and oxygen atoms in total. The Morgan fingerprint density at radius 2 is 2.20 bits per heavy atom. The first-order valence-corrected chi connectivity index (χ1v) is 5.53. The second kappa shape index (κ2) is 3.72. The fourth-order valence-electron chi connectivity index (χ4n) is 2.20. The molecule has 0 atom stereocenters. The summed E-state index contributed by atoms with van der Waals surface area (Å²) in [5.74, 6) is 1.05. The lowest BCUT2D eigenvalue weighted by atomic mass is 9.84. The molecule has 0 bridgehead atoms. The predicted molar refractivity (Wildman–Crippen MR) is 63.9 cm³/mol. The molecular formula is C12H19N3. The second-order valence-electron chi connectivity index (χ2n) is 5.14. The van der Waals surface area contributed by atoms with Gasteiger partial charge in [-0.1, -0.05) is 13.8 Å². The summed E-state index contributed by atoms with van der Waals surface area (Å²) in [6.45, 7) is 6.83. The number of anilines is 2. The summed E-state index contributed by atoms with van der Waals surface area (Å²) in [7, 11) is 0. The molecule has 1 aliphatic heterocycles. The van der Waals surface area contributed by atoms with E-state index in [0.29, 0.717) is 5.41 Å². The summed E-state index contributed by atoms with van der Waals surface area (Å²) >= 11 is 0. The van der Waals surface area contributed by atoms with Gasteiger partial charge in [0.25, 0.3) is 0 Å². The van der Waals surface area contributed by atoms with Crippen molar-refractivity contribution in [3.8, 4) is 0 Å². The van der Waals surface area contributed by atoms with Gasteiger partial charge in [-0.15, -0.1) is 0 Å². The Labute approximate surface area is 91.3 Å². The van der Waals surface area contributed by atoms with Crippen molar-refractivity contribution in [2.75, 3.05) is 23.7 Å². The van der Waals surface area contributed by atoms with Crippen molar-refractivity contribution in [2.24, 2.45) is 5.41 Å².